The van der Waals surface area contributed by atoms with E-state index in [0.717, 1.165) is 15.4 Å². The highest BCUT2D eigenvalue weighted by atomic mass is 32.2. The highest BCUT2D eigenvalue weighted by Crippen LogP contribution is 2.28. The lowest BCUT2D eigenvalue weighted by Crippen LogP contribution is -2.54. The maximum Gasteiger partial charge on any atom is 0.264 e. The molecule has 0 radical (unpaired) electrons. The van der Waals surface area contributed by atoms with E-state index in [1.165, 1.54) is 29.2 Å². The van der Waals surface area contributed by atoms with Gasteiger partial charge in [-0.25, -0.2) is 12.8 Å². The van der Waals surface area contributed by atoms with Crippen LogP contribution in [0.15, 0.2) is 114 Å². The van der Waals surface area contributed by atoms with Crippen molar-refractivity contribution in [1.29, 1.82) is 0 Å². The fourth-order valence-corrected chi connectivity index (χ4v) is 6.48. The van der Waals surface area contributed by atoms with Crippen LogP contribution in [0.4, 0.5) is 10.1 Å². The number of halogens is 1. The maximum absolute atomic E-state index is 14.5. The molecule has 2 amide bonds. The Morgan fingerprint density at radius 3 is 2.00 bits per heavy atom. The number of anilines is 1. The van der Waals surface area contributed by atoms with Crippen molar-refractivity contribution in [2.24, 2.45) is 0 Å². The molecule has 0 aliphatic rings. The van der Waals surface area contributed by atoms with Crippen molar-refractivity contribution in [2.45, 2.75) is 57.1 Å². The first-order chi connectivity index (χ1) is 21.1. The van der Waals surface area contributed by atoms with Gasteiger partial charge in [0.2, 0.25) is 11.8 Å². The first kappa shape index (κ1) is 32.4. The molecule has 0 aromatic heterocycles. The SMILES string of the molecule is CCc1ccccc1N(CC(=O)N(Cc1ccc(F)cc1)[C@@H](Cc1ccccc1)C(=O)NC(C)C)S(=O)(=O)c1ccccc1. The second kappa shape index (κ2) is 14.8. The number of amides is 2. The van der Waals surface area contributed by atoms with Crippen molar-refractivity contribution in [2.75, 3.05) is 10.8 Å². The number of sulfonamides is 1. The van der Waals surface area contributed by atoms with Crippen LogP contribution < -0.4 is 9.62 Å². The lowest BCUT2D eigenvalue weighted by atomic mass is 10.0. The molecule has 0 bridgehead atoms. The number of rotatable bonds is 13. The van der Waals surface area contributed by atoms with Gasteiger partial charge in [-0.05, 0) is 67.3 Å². The van der Waals surface area contributed by atoms with E-state index >= 15 is 0 Å². The molecule has 0 unspecified atom stereocenters. The van der Waals surface area contributed by atoms with Crippen molar-refractivity contribution in [3.63, 3.8) is 0 Å². The van der Waals surface area contributed by atoms with Crippen LogP contribution in [-0.4, -0.2) is 43.8 Å². The average molecular weight is 616 g/mol. The third kappa shape index (κ3) is 8.11. The summed E-state index contributed by atoms with van der Waals surface area (Å²) in [6, 6.07) is 28.9. The van der Waals surface area contributed by atoms with Crippen molar-refractivity contribution in [1.82, 2.24) is 10.2 Å². The van der Waals surface area contributed by atoms with Crippen LogP contribution >= 0.6 is 0 Å². The molecule has 44 heavy (non-hydrogen) atoms. The Morgan fingerprint density at radius 2 is 1.39 bits per heavy atom. The topological polar surface area (TPSA) is 86.8 Å². The van der Waals surface area contributed by atoms with Crippen LogP contribution in [0, 0.1) is 5.82 Å². The number of hydrogen-bond donors (Lipinski definition) is 1. The molecule has 0 heterocycles. The Labute approximate surface area is 259 Å². The summed E-state index contributed by atoms with van der Waals surface area (Å²) in [7, 11) is -4.18. The first-order valence-electron chi connectivity index (χ1n) is 14.6. The summed E-state index contributed by atoms with van der Waals surface area (Å²) >= 11 is 0. The van der Waals surface area contributed by atoms with Gasteiger partial charge in [0.15, 0.2) is 0 Å². The molecular weight excluding hydrogens is 577 g/mol. The van der Waals surface area contributed by atoms with Crippen molar-refractivity contribution >= 4 is 27.5 Å². The second-order valence-electron chi connectivity index (χ2n) is 10.8. The molecule has 0 spiro atoms. The van der Waals surface area contributed by atoms with E-state index in [1.54, 1.807) is 42.5 Å². The van der Waals surface area contributed by atoms with Crippen molar-refractivity contribution in [3.8, 4) is 0 Å². The number of aryl methyl sites for hydroxylation is 1. The van der Waals surface area contributed by atoms with Crippen LogP contribution in [0.3, 0.4) is 0 Å². The van der Waals surface area contributed by atoms with Gasteiger partial charge in [-0.3, -0.25) is 13.9 Å². The Morgan fingerprint density at radius 1 is 0.795 bits per heavy atom. The minimum Gasteiger partial charge on any atom is -0.352 e. The zero-order valence-corrected chi connectivity index (χ0v) is 26.0. The number of hydrogen-bond acceptors (Lipinski definition) is 4. The van der Waals surface area contributed by atoms with Crippen LogP contribution in [0.1, 0.15) is 37.5 Å². The van der Waals surface area contributed by atoms with Crippen LogP contribution in [-0.2, 0) is 39.0 Å². The predicted molar refractivity (Wildman–Crippen MR) is 171 cm³/mol. The van der Waals surface area contributed by atoms with Crippen LogP contribution in [0.2, 0.25) is 0 Å². The number of benzene rings is 4. The number of nitrogens with zero attached hydrogens (tertiary/aromatic N) is 2. The van der Waals surface area contributed by atoms with Gasteiger partial charge < -0.3 is 10.2 Å². The highest BCUT2D eigenvalue weighted by Gasteiger charge is 2.35. The molecule has 0 saturated heterocycles. The van der Waals surface area contributed by atoms with E-state index in [2.05, 4.69) is 5.32 Å². The van der Waals surface area contributed by atoms with Crippen LogP contribution in [0.25, 0.3) is 0 Å². The van der Waals surface area contributed by atoms with Gasteiger partial charge in [0.1, 0.15) is 18.4 Å². The summed E-state index contributed by atoms with van der Waals surface area (Å²) in [4.78, 5) is 29.6. The summed E-state index contributed by atoms with van der Waals surface area (Å²) in [5.74, 6) is -1.37. The standard InChI is InChI=1S/C35H38FN3O4S/c1-4-29-15-11-12-18-32(29)39(44(42,43)31-16-9-6-10-17-31)25-34(40)38(24-28-19-21-30(36)22-20-28)33(35(41)37-26(2)3)23-27-13-7-5-8-14-27/h5-22,26,33H,4,23-25H2,1-3H3,(H,37,41)/t33-/m0/s1. The Balaban J connectivity index is 1.82. The van der Waals surface area contributed by atoms with Crippen molar-refractivity contribution in [3.05, 3.63) is 132 Å². The zero-order valence-electron chi connectivity index (χ0n) is 25.2. The average Bonchev–Trinajstić information content (AvgIpc) is 3.02. The molecule has 9 heteroatoms. The van der Waals surface area contributed by atoms with Gasteiger partial charge in [0.05, 0.1) is 10.6 Å². The van der Waals surface area contributed by atoms with E-state index in [-0.39, 0.29) is 29.8 Å². The van der Waals surface area contributed by atoms with Gasteiger partial charge in [-0.1, -0.05) is 85.8 Å². The van der Waals surface area contributed by atoms with E-state index in [9.17, 15) is 22.4 Å². The van der Waals surface area contributed by atoms with Gasteiger partial charge in [-0.15, -0.1) is 0 Å². The number of carbonyl (C=O) groups excluding carboxylic acids is 2. The molecule has 0 aliphatic carbocycles. The van der Waals surface area contributed by atoms with Gasteiger partial charge in [0.25, 0.3) is 10.0 Å². The first-order valence-corrected chi connectivity index (χ1v) is 16.1. The molecule has 4 rings (SSSR count). The maximum atomic E-state index is 14.5. The summed E-state index contributed by atoms with van der Waals surface area (Å²) in [6.45, 7) is 5.01. The van der Waals surface area contributed by atoms with Crippen LogP contribution in [0.5, 0.6) is 0 Å². The fraction of sp³-hybridized carbons (Fsp3) is 0.257. The van der Waals surface area contributed by atoms with Gasteiger partial charge >= 0.3 is 0 Å². The highest BCUT2D eigenvalue weighted by molar-refractivity contribution is 7.92. The number of para-hydroxylation sites is 1. The van der Waals surface area contributed by atoms with E-state index in [0.29, 0.717) is 17.7 Å². The van der Waals surface area contributed by atoms with E-state index < -0.39 is 34.3 Å². The normalized spacial score (nSPS) is 12.0. The smallest absolute Gasteiger partial charge is 0.264 e. The summed E-state index contributed by atoms with van der Waals surface area (Å²) in [5.41, 5.74) is 2.57. The molecule has 0 fully saturated rings. The lowest BCUT2D eigenvalue weighted by Gasteiger charge is -2.34. The summed E-state index contributed by atoms with van der Waals surface area (Å²) in [5, 5.41) is 2.93. The molecule has 1 N–H and O–H groups in total. The molecule has 4 aromatic carbocycles. The quantitative estimate of drug-likeness (QED) is 0.208. The molecule has 7 nitrogen and oxygen atoms in total. The number of nitrogens with one attached hydrogen (secondary N) is 1. The summed E-state index contributed by atoms with van der Waals surface area (Å²) in [6.07, 6.45) is 0.737. The number of carbonyl (C=O) groups is 2. The van der Waals surface area contributed by atoms with Crippen molar-refractivity contribution < 1.29 is 22.4 Å². The Bertz CT molecular complexity index is 1650. The Kier molecular flexibility index (Phi) is 10.9. The predicted octanol–water partition coefficient (Wildman–Crippen LogP) is 5.75. The molecule has 4 aromatic rings. The monoisotopic (exact) mass is 615 g/mol. The third-order valence-corrected chi connectivity index (χ3v) is 8.99. The van der Waals surface area contributed by atoms with E-state index in [1.807, 2.05) is 63.2 Å². The minimum atomic E-state index is -4.18. The third-order valence-electron chi connectivity index (χ3n) is 7.22. The van der Waals surface area contributed by atoms with E-state index in [4.69, 9.17) is 0 Å². The minimum absolute atomic E-state index is 0.0310. The Hall–Kier alpha value is -4.50. The lowest BCUT2D eigenvalue weighted by molar-refractivity contribution is -0.140. The molecule has 230 valence electrons. The molecule has 0 saturated carbocycles. The largest absolute Gasteiger partial charge is 0.352 e. The summed E-state index contributed by atoms with van der Waals surface area (Å²) < 4.78 is 43.2. The van der Waals surface area contributed by atoms with Gasteiger partial charge in [0, 0.05) is 19.0 Å². The molecular formula is C35H38FN3O4S. The second-order valence-corrected chi connectivity index (χ2v) is 12.7. The molecule has 0 aliphatic heterocycles. The molecule has 1 atom stereocenters. The zero-order chi connectivity index (χ0) is 31.7. The fourth-order valence-electron chi connectivity index (χ4n) is 5.01. The van der Waals surface area contributed by atoms with Gasteiger partial charge in [-0.2, -0.15) is 0 Å².